The number of nitrogens with one attached hydrogen (secondary N) is 1. The maximum absolute atomic E-state index is 12.9. The van der Waals surface area contributed by atoms with Crippen LogP contribution in [0.15, 0.2) is 59.5 Å². The van der Waals surface area contributed by atoms with E-state index in [-0.39, 0.29) is 24.5 Å². The lowest BCUT2D eigenvalue weighted by Crippen LogP contribution is -2.40. The summed E-state index contributed by atoms with van der Waals surface area (Å²) in [7, 11) is -3.87. The van der Waals surface area contributed by atoms with Crippen LogP contribution in [0.3, 0.4) is 0 Å². The molecule has 0 aliphatic heterocycles. The predicted octanol–water partition coefficient (Wildman–Crippen LogP) is 2.28. The molecule has 1 amide bonds. The van der Waals surface area contributed by atoms with E-state index in [4.69, 9.17) is 18.0 Å². The molecule has 0 saturated heterocycles. The molecular weight excluding hydrogens is 360 g/mol. The van der Waals surface area contributed by atoms with Crippen LogP contribution < -0.4 is 5.32 Å². The van der Waals surface area contributed by atoms with Gasteiger partial charge in [-0.2, -0.15) is 4.31 Å². The molecule has 1 N–H and O–H groups in total. The molecule has 25 heavy (non-hydrogen) atoms. The number of nitrogens with zero attached hydrogens (tertiary/aromatic N) is 1. The number of benzene rings is 2. The summed E-state index contributed by atoms with van der Waals surface area (Å²) in [5, 5.41) is 2.91. The Labute approximate surface area is 152 Å². The maximum atomic E-state index is 12.9. The molecule has 2 aromatic carbocycles. The number of hydrogen-bond acceptors (Lipinski definition) is 3. The van der Waals surface area contributed by atoms with Gasteiger partial charge >= 0.3 is 0 Å². The van der Waals surface area contributed by atoms with Crippen LogP contribution in [0, 0.1) is 12.3 Å². The van der Waals surface area contributed by atoms with Crippen LogP contribution in [0.4, 0.5) is 0 Å². The molecule has 0 aliphatic carbocycles. The average molecular weight is 377 g/mol. The topological polar surface area (TPSA) is 66.5 Å². The van der Waals surface area contributed by atoms with E-state index in [2.05, 4.69) is 11.2 Å². The Hall–Kier alpha value is -2.33. The summed E-state index contributed by atoms with van der Waals surface area (Å²) in [5.74, 6) is 1.82. The summed E-state index contributed by atoms with van der Waals surface area (Å²) in [4.78, 5) is 12.1. The monoisotopic (exact) mass is 376 g/mol. The summed E-state index contributed by atoms with van der Waals surface area (Å²) in [5.41, 5.74) is 0.768. The highest BCUT2D eigenvalue weighted by molar-refractivity contribution is 7.89. The van der Waals surface area contributed by atoms with E-state index in [1.165, 1.54) is 24.3 Å². The molecular formula is C18H17ClN2O3S. The van der Waals surface area contributed by atoms with Crippen LogP contribution >= 0.6 is 11.6 Å². The molecule has 0 bridgehead atoms. The molecule has 0 aromatic heterocycles. The van der Waals surface area contributed by atoms with E-state index in [1.54, 1.807) is 24.3 Å². The first-order chi connectivity index (χ1) is 11.9. The molecule has 7 heteroatoms. The van der Waals surface area contributed by atoms with Gasteiger partial charge in [0.25, 0.3) is 0 Å². The van der Waals surface area contributed by atoms with Crippen molar-refractivity contribution < 1.29 is 13.2 Å². The Kier molecular flexibility index (Phi) is 6.59. The average Bonchev–Trinajstić information content (AvgIpc) is 2.60. The van der Waals surface area contributed by atoms with Gasteiger partial charge in [-0.25, -0.2) is 8.42 Å². The molecule has 0 fully saturated rings. The number of terminal acetylenes is 1. The normalized spacial score (nSPS) is 11.1. The SMILES string of the molecule is C#CCNC(=O)CN(Cc1ccccc1)S(=O)(=O)c1ccc(Cl)cc1. The molecule has 130 valence electrons. The fourth-order valence-corrected chi connectivity index (χ4v) is 3.64. The summed E-state index contributed by atoms with van der Waals surface area (Å²) in [6.45, 7) is -0.226. The zero-order chi connectivity index (χ0) is 18.3. The first kappa shape index (κ1) is 19.0. The lowest BCUT2D eigenvalue weighted by Gasteiger charge is -2.22. The van der Waals surface area contributed by atoms with E-state index < -0.39 is 15.9 Å². The standard InChI is InChI=1S/C18H17ClN2O3S/c1-2-12-20-18(22)14-21(13-15-6-4-3-5-7-15)25(23,24)17-10-8-16(19)9-11-17/h1,3-11H,12-14H2,(H,20,22). The summed E-state index contributed by atoms with van der Waals surface area (Å²) in [6.07, 6.45) is 5.11. The predicted molar refractivity (Wildman–Crippen MR) is 97.3 cm³/mol. The fourth-order valence-electron chi connectivity index (χ4n) is 2.13. The third-order valence-electron chi connectivity index (χ3n) is 3.36. The summed E-state index contributed by atoms with van der Waals surface area (Å²) < 4.78 is 26.9. The van der Waals surface area contributed by atoms with Gasteiger partial charge in [-0.05, 0) is 29.8 Å². The lowest BCUT2D eigenvalue weighted by atomic mass is 10.2. The number of halogens is 1. The van der Waals surface area contributed by atoms with E-state index >= 15 is 0 Å². The van der Waals surface area contributed by atoms with E-state index in [1.807, 2.05) is 6.07 Å². The Morgan fingerprint density at radius 2 is 1.76 bits per heavy atom. The highest BCUT2D eigenvalue weighted by atomic mass is 35.5. The second kappa shape index (κ2) is 8.67. The minimum Gasteiger partial charge on any atom is -0.344 e. The van der Waals surface area contributed by atoms with E-state index in [0.29, 0.717) is 5.02 Å². The van der Waals surface area contributed by atoms with Crippen LogP contribution in [0.1, 0.15) is 5.56 Å². The first-order valence-electron chi connectivity index (χ1n) is 7.43. The van der Waals surface area contributed by atoms with Crippen molar-refractivity contribution in [3.8, 4) is 12.3 Å². The van der Waals surface area contributed by atoms with Gasteiger partial charge in [0.1, 0.15) is 0 Å². The lowest BCUT2D eigenvalue weighted by molar-refractivity contribution is -0.121. The van der Waals surface area contributed by atoms with Gasteiger partial charge < -0.3 is 5.32 Å². The number of carbonyl (C=O) groups is 1. The van der Waals surface area contributed by atoms with Crippen molar-refractivity contribution in [1.29, 1.82) is 0 Å². The largest absolute Gasteiger partial charge is 0.344 e. The fraction of sp³-hybridized carbons (Fsp3) is 0.167. The van der Waals surface area contributed by atoms with Gasteiger partial charge in [-0.3, -0.25) is 4.79 Å². The highest BCUT2D eigenvalue weighted by Gasteiger charge is 2.26. The van der Waals surface area contributed by atoms with Crippen molar-refractivity contribution in [2.24, 2.45) is 0 Å². The maximum Gasteiger partial charge on any atom is 0.243 e. The molecule has 0 heterocycles. The smallest absolute Gasteiger partial charge is 0.243 e. The molecule has 0 atom stereocenters. The van der Waals surface area contributed by atoms with Gasteiger partial charge in [-0.1, -0.05) is 47.9 Å². The van der Waals surface area contributed by atoms with Gasteiger partial charge in [0.2, 0.25) is 15.9 Å². The van der Waals surface area contributed by atoms with E-state index in [0.717, 1.165) is 9.87 Å². The van der Waals surface area contributed by atoms with Crippen molar-refractivity contribution in [3.63, 3.8) is 0 Å². The van der Waals surface area contributed by atoms with Gasteiger partial charge in [0.15, 0.2) is 0 Å². The van der Waals surface area contributed by atoms with Gasteiger partial charge in [0.05, 0.1) is 18.0 Å². The van der Waals surface area contributed by atoms with Gasteiger partial charge in [-0.15, -0.1) is 6.42 Å². The zero-order valence-corrected chi connectivity index (χ0v) is 14.9. The van der Waals surface area contributed by atoms with Crippen molar-refractivity contribution in [2.45, 2.75) is 11.4 Å². The Morgan fingerprint density at radius 1 is 1.12 bits per heavy atom. The minimum atomic E-state index is -3.87. The first-order valence-corrected chi connectivity index (χ1v) is 9.25. The van der Waals surface area contributed by atoms with Crippen LogP contribution in [-0.4, -0.2) is 31.7 Å². The zero-order valence-electron chi connectivity index (χ0n) is 13.4. The summed E-state index contributed by atoms with van der Waals surface area (Å²) >= 11 is 5.82. The minimum absolute atomic E-state index is 0.0407. The molecule has 0 saturated carbocycles. The number of hydrogen-bond donors (Lipinski definition) is 1. The molecule has 2 aromatic rings. The summed E-state index contributed by atoms with van der Waals surface area (Å²) in [6, 6.07) is 14.8. The second-order valence-electron chi connectivity index (χ2n) is 5.19. The van der Waals surface area contributed by atoms with Crippen LogP contribution in [0.25, 0.3) is 0 Å². The molecule has 0 aliphatic rings. The van der Waals surface area contributed by atoms with Gasteiger partial charge in [0, 0.05) is 11.6 Å². The molecule has 5 nitrogen and oxygen atoms in total. The number of rotatable bonds is 7. The van der Waals surface area contributed by atoms with Crippen molar-refractivity contribution in [3.05, 3.63) is 65.2 Å². The van der Waals surface area contributed by atoms with Crippen LogP contribution in [0.5, 0.6) is 0 Å². The van der Waals surface area contributed by atoms with Crippen LogP contribution in [0.2, 0.25) is 5.02 Å². The molecule has 0 radical (unpaired) electrons. The molecule has 0 unspecified atom stereocenters. The Bertz CT molecular complexity index is 859. The molecule has 0 spiro atoms. The third-order valence-corrected chi connectivity index (χ3v) is 5.42. The number of sulfonamides is 1. The van der Waals surface area contributed by atoms with Crippen LogP contribution in [-0.2, 0) is 21.4 Å². The quantitative estimate of drug-likeness (QED) is 0.754. The van der Waals surface area contributed by atoms with Crippen molar-refractivity contribution in [2.75, 3.05) is 13.1 Å². The third kappa shape index (κ3) is 5.33. The molecule has 2 rings (SSSR count). The Morgan fingerprint density at radius 3 is 2.36 bits per heavy atom. The number of carbonyl (C=O) groups excluding carboxylic acids is 1. The highest BCUT2D eigenvalue weighted by Crippen LogP contribution is 2.20. The number of amides is 1. The second-order valence-corrected chi connectivity index (χ2v) is 7.57. The van der Waals surface area contributed by atoms with E-state index in [9.17, 15) is 13.2 Å². The Balaban J connectivity index is 2.30. The van der Waals surface area contributed by atoms with Crippen molar-refractivity contribution in [1.82, 2.24) is 9.62 Å². The van der Waals surface area contributed by atoms with Crippen molar-refractivity contribution >= 4 is 27.5 Å².